The fourth-order valence-electron chi connectivity index (χ4n) is 1.21. The van der Waals surface area contributed by atoms with Crippen molar-refractivity contribution in [2.24, 2.45) is 0 Å². The van der Waals surface area contributed by atoms with Gasteiger partial charge in [-0.1, -0.05) is 0 Å². The summed E-state index contributed by atoms with van der Waals surface area (Å²) in [5.41, 5.74) is 0. The minimum absolute atomic E-state index is 0.554. The molecule has 0 radical (unpaired) electrons. The number of benzene rings is 1. The van der Waals surface area contributed by atoms with Gasteiger partial charge in [0.2, 0.25) is 0 Å². The van der Waals surface area contributed by atoms with Crippen molar-refractivity contribution in [1.29, 1.82) is 0 Å². The molecule has 0 saturated heterocycles. The van der Waals surface area contributed by atoms with Crippen LogP contribution in [0.5, 0.6) is 5.75 Å². The maximum absolute atomic E-state index is 5.52. The van der Waals surface area contributed by atoms with Crippen molar-refractivity contribution >= 4 is 22.6 Å². The highest BCUT2D eigenvalue weighted by molar-refractivity contribution is 14.1. The van der Waals surface area contributed by atoms with Crippen LogP contribution in [0, 0.1) is 3.57 Å². The first-order chi connectivity index (χ1) is 8.83. The van der Waals surface area contributed by atoms with Crippen molar-refractivity contribution in [2.75, 3.05) is 46.8 Å². The Hall–Kier alpha value is -0.370. The Morgan fingerprint density at radius 3 is 2.00 bits per heavy atom. The Balaban J connectivity index is 1.91. The summed E-state index contributed by atoms with van der Waals surface area (Å²) in [6.45, 7) is 3.53. The highest BCUT2D eigenvalue weighted by Crippen LogP contribution is 2.13. The molecular weight excluding hydrogens is 347 g/mol. The number of methoxy groups -OCH3 is 1. The molecule has 0 fully saturated rings. The lowest BCUT2D eigenvalue weighted by molar-refractivity contribution is 0.0180. The normalized spacial score (nSPS) is 10.6. The number of ether oxygens (including phenoxy) is 4. The van der Waals surface area contributed by atoms with Crippen molar-refractivity contribution in [3.63, 3.8) is 0 Å². The van der Waals surface area contributed by atoms with Gasteiger partial charge in [0.1, 0.15) is 12.4 Å². The molecule has 0 unspecified atom stereocenters. The van der Waals surface area contributed by atoms with Crippen LogP contribution in [-0.4, -0.2) is 46.8 Å². The molecule has 0 aliphatic heterocycles. The summed E-state index contributed by atoms with van der Waals surface area (Å²) < 4.78 is 22.2. The second-order valence-corrected chi connectivity index (χ2v) is 4.77. The fraction of sp³-hybridized carbons (Fsp3) is 0.538. The van der Waals surface area contributed by atoms with Gasteiger partial charge in [-0.25, -0.2) is 0 Å². The van der Waals surface area contributed by atoms with Gasteiger partial charge in [-0.2, -0.15) is 0 Å². The number of halogens is 1. The first-order valence-corrected chi connectivity index (χ1v) is 6.93. The van der Waals surface area contributed by atoms with E-state index in [1.165, 1.54) is 3.57 Å². The van der Waals surface area contributed by atoms with Gasteiger partial charge >= 0.3 is 0 Å². The summed E-state index contributed by atoms with van der Waals surface area (Å²) in [6.07, 6.45) is 0. The zero-order valence-electron chi connectivity index (χ0n) is 10.6. The van der Waals surface area contributed by atoms with Crippen molar-refractivity contribution in [3.05, 3.63) is 27.8 Å². The topological polar surface area (TPSA) is 36.9 Å². The molecule has 0 bridgehead atoms. The van der Waals surface area contributed by atoms with E-state index in [0.29, 0.717) is 39.6 Å². The van der Waals surface area contributed by atoms with Crippen molar-refractivity contribution in [2.45, 2.75) is 0 Å². The lowest BCUT2D eigenvalue weighted by Crippen LogP contribution is -2.12. The molecule has 0 amide bonds. The molecule has 1 aromatic carbocycles. The van der Waals surface area contributed by atoms with Crippen LogP contribution >= 0.6 is 22.6 Å². The second-order valence-electron chi connectivity index (χ2n) is 3.52. The van der Waals surface area contributed by atoms with E-state index in [0.717, 1.165) is 5.75 Å². The molecule has 0 spiro atoms. The Morgan fingerprint density at radius 1 is 0.833 bits per heavy atom. The molecule has 0 aromatic heterocycles. The van der Waals surface area contributed by atoms with Gasteiger partial charge in [-0.3, -0.25) is 0 Å². The highest BCUT2D eigenvalue weighted by atomic mass is 127. The minimum atomic E-state index is 0.554. The monoisotopic (exact) mass is 366 g/mol. The van der Waals surface area contributed by atoms with Gasteiger partial charge in [0, 0.05) is 10.7 Å². The molecule has 0 atom stereocenters. The molecule has 1 rings (SSSR count). The van der Waals surface area contributed by atoms with Crippen molar-refractivity contribution in [3.8, 4) is 5.75 Å². The SMILES string of the molecule is COCCOCCOCCOc1ccc(I)cc1. The number of hydrogen-bond acceptors (Lipinski definition) is 4. The van der Waals surface area contributed by atoms with Crippen LogP contribution in [0.2, 0.25) is 0 Å². The maximum Gasteiger partial charge on any atom is 0.119 e. The molecule has 5 heteroatoms. The van der Waals surface area contributed by atoms with E-state index in [2.05, 4.69) is 22.6 Å². The summed E-state index contributed by atoms with van der Waals surface area (Å²) in [5, 5.41) is 0. The molecule has 0 aliphatic carbocycles. The van der Waals surface area contributed by atoms with Gasteiger partial charge in [0.25, 0.3) is 0 Å². The quantitative estimate of drug-likeness (QED) is 0.471. The minimum Gasteiger partial charge on any atom is -0.491 e. The maximum atomic E-state index is 5.52. The zero-order valence-corrected chi connectivity index (χ0v) is 12.7. The average Bonchev–Trinajstić information content (AvgIpc) is 2.39. The number of rotatable bonds is 10. The van der Waals surface area contributed by atoms with Gasteiger partial charge in [-0.05, 0) is 46.9 Å². The molecule has 102 valence electrons. The predicted octanol–water partition coefficient (Wildman–Crippen LogP) is 2.35. The van der Waals surface area contributed by atoms with Gasteiger partial charge in [0.05, 0.1) is 33.0 Å². The molecule has 0 saturated carbocycles. The van der Waals surface area contributed by atoms with E-state index in [1.807, 2.05) is 24.3 Å². The fourth-order valence-corrected chi connectivity index (χ4v) is 1.57. The van der Waals surface area contributed by atoms with E-state index in [9.17, 15) is 0 Å². The van der Waals surface area contributed by atoms with Crippen LogP contribution in [-0.2, 0) is 14.2 Å². The third-order valence-corrected chi connectivity index (χ3v) is 2.83. The third-order valence-electron chi connectivity index (χ3n) is 2.11. The molecule has 0 aliphatic rings. The van der Waals surface area contributed by atoms with Gasteiger partial charge in [-0.15, -0.1) is 0 Å². The van der Waals surface area contributed by atoms with Crippen molar-refractivity contribution in [1.82, 2.24) is 0 Å². The summed E-state index contributed by atoms with van der Waals surface area (Å²) in [5.74, 6) is 0.871. The zero-order chi connectivity index (χ0) is 13.1. The summed E-state index contributed by atoms with van der Waals surface area (Å²) in [4.78, 5) is 0. The second kappa shape index (κ2) is 10.5. The third kappa shape index (κ3) is 7.86. The first kappa shape index (κ1) is 15.7. The van der Waals surface area contributed by atoms with E-state index in [1.54, 1.807) is 7.11 Å². The predicted molar refractivity (Wildman–Crippen MR) is 78.2 cm³/mol. The standard InChI is InChI=1S/C13H19IO4/c1-15-6-7-16-8-9-17-10-11-18-13-4-2-12(14)3-5-13/h2-5H,6-11H2,1H3. The van der Waals surface area contributed by atoms with Crippen molar-refractivity contribution < 1.29 is 18.9 Å². The summed E-state index contributed by atoms with van der Waals surface area (Å²) in [7, 11) is 1.65. The summed E-state index contributed by atoms with van der Waals surface area (Å²) >= 11 is 2.26. The Bertz CT molecular complexity index is 302. The van der Waals surface area contributed by atoms with Crippen LogP contribution in [0.3, 0.4) is 0 Å². The largest absolute Gasteiger partial charge is 0.491 e. The molecule has 4 nitrogen and oxygen atoms in total. The lowest BCUT2D eigenvalue weighted by Gasteiger charge is -2.07. The molecule has 0 N–H and O–H groups in total. The van der Waals surface area contributed by atoms with Gasteiger partial charge in [0.15, 0.2) is 0 Å². The molecule has 0 heterocycles. The molecule has 18 heavy (non-hydrogen) atoms. The van der Waals surface area contributed by atoms with Gasteiger partial charge < -0.3 is 18.9 Å². The van der Waals surface area contributed by atoms with E-state index >= 15 is 0 Å². The highest BCUT2D eigenvalue weighted by Gasteiger charge is 1.94. The Kier molecular flexibility index (Phi) is 9.19. The van der Waals surface area contributed by atoms with E-state index < -0.39 is 0 Å². The van der Waals surface area contributed by atoms with E-state index in [4.69, 9.17) is 18.9 Å². The lowest BCUT2D eigenvalue weighted by atomic mass is 10.3. The summed E-state index contributed by atoms with van der Waals surface area (Å²) in [6, 6.07) is 7.94. The van der Waals surface area contributed by atoms with Crippen LogP contribution < -0.4 is 4.74 Å². The molecular formula is C13H19IO4. The van der Waals surface area contributed by atoms with Crippen LogP contribution in [0.1, 0.15) is 0 Å². The van der Waals surface area contributed by atoms with Crippen LogP contribution in [0.4, 0.5) is 0 Å². The molecule has 1 aromatic rings. The first-order valence-electron chi connectivity index (χ1n) is 5.85. The number of hydrogen-bond donors (Lipinski definition) is 0. The van der Waals surface area contributed by atoms with Crippen LogP contribution in [0.25, 0.3) is 0 Å². The van der Waals surface area contributed by atoms with E-state index in [-0.39, 0.29) is 0 Å². The Labute approximate surface area is 122 Å². The van der Waals surface area contributed by atoms with Crippen LogP contribution in [0.15, 0.2) is 24.3 Å². The average molecular weight is 366 g/mol. The smallest absolute Gasteiger partial charge is 0.119 e. The Morgan fingerprint density at radius 2 is 1.39 bits per heavy atom.